The quantitative estimate of drug-likeness (QED) is 0.741. The van der Waals surface area contributed by atoms with Gasteiger partial charge in [-0.2, -0.15) is 5.10 Å². The van der Waals surface area contributed by atoms with Gasteiger partial charge in [0.2, 0.25) is 0 Å². The molecule has 0 unspecified atom stereocenters. The molecule has 2 aromatic rings. The predicted molar refractivity (Wildman–Crippen MR) is 75.9 cm³/mol. The van der Waals surface area contributed by atoms with Gasteiger partial charge < -0.3 is 14.8 Å². The summed E-state index contributed by atoms with van der Waals surface area (Å²) in [6, 6.07) is 0. The number of aromatic amines is 1. The zero-order valence-electron chi connectivity index (χ0n) is 12.4. The van der Waals surface area contributed by atoms with E-state index in [4.69, 9.17) is 9.47 Å². The van der Waals surface area contributed by atoms with Crippen molar-refractivity contribution in [1.82, 2.24) is 30.5 Å². The molecule has 1 fully saturated rings. The lowest BCUT2D eigenvalue weighted by molar-refractivity contribution is 0.0526. The molecule has 9 nitrogen and oxygen atoms in total. The van der Waals surface area contributed by atoms with Crippen LogP contribution in [0.1, 0.15) is 28.9 Å². The monoisotopic (exact) mass is 306 g/mol. The number of esters is 1. The van der Waals surface area contributed by atoms with Gasteiger partial charge in [-0.25, -0.2) is 9.48 Å². The summed E-state index contributed by atoms with van der Waals surface area (Å²) >= 11 is 0. The molecular weight excluding hydrogens is 288 g/mol. The van der Waals surface area contributed by atoms with E-state index in [1.54, 1.807) is 20.2 Å². The molecule has 3 rings (SSSR count). The van der Waals surface area contributed by atoms with Crippen LogP contribution in [-0.4, -0.2) is 64.1 Å². The number of nitrogens with one attached hydrogen (secondary N) is 2. The lowest BCUT2D eigenvalue weighted by Crippen LogP contribution is -2.19. The van der Waals surface area contributed by atoms with E-state index in [9.17, 15) is 4.79 Å². The summed E-state index contributed by atoms with van der Waals surface area (Å²) in [4.78, 5) is 11.9. The Hall–Kier alpha value is -2.26. The van der Waals surface area contributed by atoms with Gasteiger partial charge in [-0.05, 0) is 6.92 Å². The van der Waals surface area contributed by atoms with Crippen LogP contribution < -0.4 is 5.32 Å². The van der Waals surface area contributed by atoms with Crippen LogP contribution in [0, 0.1) is 0 Å². The summed E-state index contributed by atoms with van der Waals surface area (Å²) in [6.45, 7) is 3.62. The Kier molecular flexibility index (Phi) is 4.16. The number of hydrogen-bond acceptors (Lipinski definition) is 7. The maximum atomic E-state index is 11.9. The molecule has 3 heterocycles. The summed E-state index contributed by atoms with van der Waals surface area (Å²) in [5.74, 6) is 0.130. The highest BCUT2D eigenvalue weighted by molar-refractivity contribution is 5.92. The minimum absolute atomic E-state index is 0.0662. The van der Waals surface area contributed by atoms with E-state index >= 15 is 0 Å². The number of hydrogen-bond donors (Lipinski definition) is 2. The highest BCUT2D eigenvalue weighted by atomic mass is 16.5. The van der Waals surface area contributed by atoms with Crippen LogP contribution >= 0.6 is 0 Å². The van der Waals surface area contributed by atoms with E-state index in [2.05, 4.69) is 25.8 Å². The standard InChI is InChI=1S/C13H18N6O3/c1-3-22-13(20)9-5-15-17-12(9)19-7-10(16-18-19)8-4-14-6-11(8)21-2/h5,7-8,11,14H,3-4,6H2,1-2H3,(H,15,17)/t8-,11+/m0/s1. The molecule has 118 valence electrons. The molecule has 1 aliphatic heterocycles. The fourth-order valence-electron chi connectivity index (χ4n) is 2.57. The lowest BCUT2D eigenvalue weighted by atomic mass is 10.0. The SMILES string of the molecule is CCOC(=O)c1cn[nH]c1-n1cc([C@@H]2CNC[C@H]2OC)nn1. The average molecular weight is 306 g/mol. The first-order chi connectivity index (χ1) is 10.7. The third-order valence-electron chi connectivity index (χ3n) is 3.70. The molecule has 22 heavy (non-hydrogen) atoms. The fourth-order valence-corrected chi connectivity index (χ4v) is 2.57. The molecule has 0 amide bonds. The Bertz CT molecular complexity index is 652. The van der Waals surface area contributed by atoms with Crippen molar-refractivity contribution >= 4 is 5.97 Å². The number of aromatic nitrogens is 5. The van der Waals surface area contributed by atoms with Crippen molar-refractivity contribution in [2.75, 3.05) is 26.8 Å². The van der Waals surface area contributed by atoms with Gasteiger partial charge in [0.25, 0.3) is 0 Å². The summed E-state index contributed by atoms with van der Waals surface area (Å²) in [7, 11) is 1.68. The van der Waals surface area contributed by atoms with Crippen molar-refractivity contribution in [2.24, 2.45) is 0 Å². The molecule has 0 bridgehead atoms. The van der Waals surface area contributed by atoms with E-state index in [1.165, 1.54) is 10.9 Å². The van der Waals surface area contributed by atoms with Gasteiger partial charge >= 0.3 is 5.97 Å². The zero-order valence-corrected chi connectivity index (χ0v) is 12.4. The maximum Gasteiger partial charge on any atom is 0.343 e. The van der Waals surface area contributed by atoms with Crippen molar-refractivity contribution in [2.45, 2.75) is 18.9 Å². The zero-order chi connectivity index (χ0) is 15.5. The third-order valence-corrected chi connectivity index (χ3v) is 3.70. The van der Waals surface area contributed by atoms with Gasteiger partial charge in [0, 0.05) is 26.1 Å². The number of nitrogens with zero attached hydrogens (tertiary/aromatic N) is 4. The number of methoxy groups -OCH3 is 1. The van der Waals surface area contributed by atoms with Gasteiger partial charge in [-0.3, -0.25) is 5.10 Å². The van der Waals surface area contributed by atoms with Crippen molar-refractivity contribution in [1.29, 1.82) is 0 Å². The van der Waals surface area contributed by atoms with Gasteiger partial charge in [0.15, 0.2) is 5.82 Å². The topological polar surface area (TPSA) is 107 Å². The molecule has 0 aliphatic carbocycles. The molecule has 0 saturated carbocycles. The largest absolute Gasteiger partial charge is 0.462 e. The number of H-pyrrole nitrogens is 1. The average Bonchev–Trinajstić information content (AvgIpc) is 3.25. The Morgan fingerprint density at radius 2 is 2.36 bits per heavy atom. The van der Waals surface area contributed by atoms with E-state index in [0.29, 0.717) is 18.0 Å². The number of rotatable bonds is 5. The van der Waals surface area contributed by atoms with E-state index in [-0.39, 0.29) is 12.0 Å². The highest BCUT2D eigenvalue weighted by Crippen LogP contribution is 2.23. The second kappa shape index (κ2) is 6.24. The number of carbonyl (C=O) groups excluding carboxylic acids is 1. The van der Waals surface area contributed by atoms with Crippen LogP contribution in [0.25, 0.3) is 5.82 Å². The molecule has 2 atom stereocenters. The van der Waals surface area contributed by atoms with Crippen LogP contribution in [0.5, 0.6) is 0 Å². The second-order valence-corrected chi connectivity index (χ2v) is 4.98. The van der Waals surface area contributed by atoms with Crippen molar-refractivity contribution in [3.63, 3.8) is 0 Å². The molecule has 0 radical (unpaired) electrons. The minimum atomic E-state index is -0.444. The first-order valence-electron chi connectivity index (χ1n) is 7.11. The van der Waals surface area contributed by atoms with Crippen LogP contribution in [0.3, 0.4) is 0 Å². The third kappa shape index (κ3) is 2.60. The summed E-state index contributed by atoms with van der Waals surface area (Å²) in [5, 5.41) is 18.2. The summed E-state index contributed by atoms with van der Waals surface area (Å²) in [5.41, 5.74) is 1.13. The highest BCUT2D eigenvalue weighted by Gasteiger charge is 2.31. The van der Waals surface area contributed by atoms with E-state index in [1.807, 2.05) is 0 Å². The number of ether oxygens (including phenoxy) is 2. The van der Waals surface area contributed by atoms with Gasteiger partial charge in [0.1, 0.15) is 5.56 Å². The smallest absolute Gasteiger partial charge is 0.343 e. The summed E-state index contributed by atoms with van der Waals surface area (Å²) in [6.07, 6.45) is 3.26. The van der Waals surface area contributed by atoms with Crippen LogP contribution in [0.4, 0.5) is 0 Å². The van der Waals surface area contributed by atoms with E-state index < -0.39 is 5.97 Å². The van der Waals surface area contributed by atoms with Crippen molar-refractivity contribution in [3.8, 4) is 5.82 Å². The number of carbonyl (C=O) groups is 1. The predicted octanol–water partition coefficient (Wildman–Crippen LogP) is -0.131. The normalized spacial score (nSPS) is 21.2. The lowest BCUT2D eigenvalue weighted by Gasteiger charge is -2.13. The molecule has 0 aromatic carbocycles. The van der Waals surface area contributed by atoms with Crippen molar-refractivity contribution < 1.29 is 14.3 Å². The maximum absolute atomic E-state index is 11.9. The minimum Gasteiger partial charge on any atom is -0.462 e. The Labute approximate surface area is 127 Å². The second-order valence-electron chi connectivity index (χ2n) is 4.98. The van der Waals surface area contributed by atoms with Gasteiger partial charge in [-0.15, -0.1) is 5.10 Å². The molecule has 1 aliphatic rings. The van der Waals surface area contributed by atoms with Gasteiger partial charge in [0.05, 0.1) is 30.8 Å². The fraction of sp³-hybridized carbons (Fsp3) is 0.538. The first kappa shape index (κ1) is 14.7. The van der Waals surface area contributed by atoms with Gasteiger partial charge in [-0.1, -0.05) is 5.21 Å². The van der Waals surface area contributed by atoms with Crippen LogP contribution in [0.15, 0.2) is 12.4 Å². The molecule has 1 saturated heterocycles. The van der Waals surface area contributed by atoms with E-state index in [0.717, 1.165) is 18.8 Å². The molecule has 2 N–H and O–H groups in total. The Balaban J connectivity index is 1.85. The molecular formula is C13H18N6O3. The molecule has 9 heteroatoms. The first-order valence-corrected chi connectivity index (χ1v) is 7.11. The van der Waals surface area contributed by atoms with Crippen LogP contribution in [0.2, 0.25) is 0 Å². The summed E-state index contributed by atoms with van der Waals surface area (Å²) < 4.78 is 11.9. The van der Waals surface area contributed by atoms with Crippen molar-refractivity contribution in [3.05, 3.63) is 23.7 Å². The molecule has 0 spiro atoms. The van der Waals surface area contributed by atoms with Crippen LogP contribution in [-0.2, 0) is 9.47 Å². The molecule has 2 aromatic heterocycles. The Morgan fingerprint density at radius 1 is 1.50 bits per heavy atom. The Morgan fingerprint density at radius 3 is 3.14 bits per heavy atom.